The summed E-state index contributed by atoms with van der Waals surface area (Å²) in [6.45, 7) is 1.63. The van der Waals surface area contributed by atoms with Gasteiger partial charge in [-0.3, -0.25) is 9.59 Å². The van der Waals surface area contributed by atoms with Crippen LogP contribution in [0.5, 0.6) is 0 Å². The van der Waals surface area contributed by atoms with Crippen LogP contribution in [-0.4, -0.2) is 23.9 Å². The van der Waals surface area contributed by atoms with Gasteiger partial charge in [-0.1, -0.05) is 24.3 Å². The van der Waals surface area contributed by atoms with E-state index in [-0.39, 0.29) is 17.3 Å². The van der Waals surface area contributed by atoms with Gasteiger partial charge in [0.25, 0.3) is 0 Å². The number of carbonyl (C=O) groups is 1. The third-order valence-electron chi connectivity index (χ3n) is 3.71. The van der Waals surface area contributed by atoms with Crippen LogP contribution >= 0.6 is 0 Å². The molecule has 4 heteroatoms. The van der Waals surface area contributed by atoms with Crippen LogP contribution in [0.4, 0.5) is 0 Å². The molecule has 4 nitrogen and oxygen atoms in total. The highest BCUT2D eigenvalue weighted by atomic mass is 16.1. The van der Waals surface area contributed by atoms with E-state index in [0.717, 1.165) is 30.6 Å². The van der Waals surface area contributed by atoms with Gasteiger partial charge in [0.2, 0.25) is 5.56 Å². The fourth-order valence-corrected chi connectivity index (χ4v) is 2.66. The summed E-state index contributed by atoms with van der Waals surface area (Å²) >= 11 is 0. The highest BCUT2D eigenvalue weighted by Crippen LogP contribution is 2.26. The molecule has 102 valence electrons. The monoisotopic (exact) mass is 268 g/mol. The van der Waals surface area contributed by atoms with Crippen molar-refractivity contribution in [2.75, 3.05) is 13.1 Å². The average Bonchev–Trinajstić information content (AvgIpc) is 3.01. The SMILES string of the molecule is O=C(c1ccccc1-c1cc[nH]c(=O)c1)C1CCNC1. The molecule has 3 rings (SSSR count). The number of aromatic nitrogens is 1. The summed E-state index contributed by atoms with van der Waals surface area (Å²) in [6.07, 6.45) is 2.48. The predicted molar refractivity (Wildman–Crippen MR) is 77.8 cm³/mol. The summed E-state index contributed by atoms with van der Waals surface area (Å²) in [5, 5.41) is 3.22. The van der Waals surface area contributed by atoms with Crippen molar-refractivity contribution in [2.24, 2.45) is 5.92 Å². The lowest BCUT2D eigenvalue weighted by atomic mass is 9.91. The van der Waals surface area contributed by atoms with Crippen LogP contribution in [0.25, 0.3) is 11.1 Å². The van der Waals surface area contributed by atoms with Gasteiger partial charge in [0.05, 0.1) is 0 Å². The summed E-state index contributed by atoms with van der Waals surface area (Å²) in [7, 11) is 0. The van der Waals surface area contributed by atoms with E-state index in [2.05, 4.69) is 10.3 Å². The minimum Gasteiger partial charge on any atom is -0.329 e. The molecule has 1 aromatic heterocycles. The topological polar surface area (TPSA) is 62.0 Å². The molecule has 1 saturated heterocycles. The minimum atomic E-state index is -0.160. The number of ketones is 1. The first kappa shape index (κ1) is 12.8. The van der Waals surface area contributed by atoms with Gasteiger partial charge in [-0.25, -0.2) is 0 Å². The van der Waals surface area contributed by atoms with Crippen LogP contribution < -0.4 is 10.9 Å². The third kappa shape index (κ3) is 2.42. The standard InChI is InChI=1S/C16H16N2O2/c19-15-9-11(6-8-18-15)13-3-1-2-4-14(13)16(20)12-5-7-17-10-12/h1-4,6,8-9,12,17H,5,7,10H2,(H,18,19). The molecule has 2 N–H and O–H groups in total. The number of benzene rings is 1. The van der Waals surface area contributed by atoms with Gasteiger partial charge in [0.1, 0.15) is 0 Å². The van der Waals surface area contributed by atoms with Crippen molar-refractivity contribution in [1.29, 1.82) is 0 Å². The Balaban J connectivity index is 2.04. The largest absolute Gasteiger partial charge is 0.329 e. The van der Waals surface area contributed by atoms with Crippen molar-refractivity contribution in [3.8, 4) is 11.1 Å². The zero-order chi connectivity index (χ0) is 13.9. The molecule has 0 bridgehead atoms. The van der Waals surface area contributed by atoms with Gasteiger partial charge in [0, 0.05) is 30.3 Å². The number of carbonyl (C=O) groups excluding carboxylic acids is 1. The maximum absolute atomic E-state index is 12.6. The van der Waals surface area contributed by atoms with Crippen molar-refractivity contribution < 1.29 is 4.79 Å². The maximum Gasteiger partial charge on any atom is 0.248 e. The Morgan fingerprint density at radius 2 is 2.05 bits per heavy atom. The molecule has 1 fully saturated rings. The Morgan fingerprint density at radius 3 is 2.80 bits per heavy atom. The Kier molecular flexibility index (Phi) is 3.48. The van der Waals surface area contributed by atoms with E-state index in [0.29, 0.717) is 5.56 Å². The average molecular weight is 268 g/mol. The van der Waals surface area contributed by atoms with Crippen LogP contribution in [0.15, 0.2) is 47.4 Å². The smallest absolute Gasteiger partial charge is 0.248 e. The van der Waals surface area contributed by atoms with E-state index < -0.39 is 0 Å². The zero-order valence-corrected chi connectivity index (χ0v) is 11.1. The minimum absolute atomic E-state index is 0.0400. The van der Waals surface area contributed by atoms with Crippen molar-refractivity contribution in [3.63, 3.8) is 0 Å². The lowest BCUT2D eigenvalue weighted by Gasteiger charge is -2.12. The van der Waals surface area contributed by atoms with Crippen molar-refractivity contribution in [2.45, 2.75) is 6.42 Å². The number of H-pyrrole nitrogens is 1. The van der Waals surface area contributed by atoms with Crippen LogP contribution in [0.1, 0.15) is 16.8 Å². The second kappa shape index (κ2) is 5.43. The molecule has 1 aliphatic rings. The molecule has 0 aliphatic carbocycles. The van der Waals surface area contributed by atoms with Crippen molar-refractivity contribution in [1.82, 2.24) is 10.3 Å². The predicted octanol–water partition coefficient (Wildman–Crippen LogP) is 1.83. The fraction of sp³-hybridized carbons (Fsp3) is 0.250. The number of rotatable bonds is 3. The summed E-state index contributed by atoms with van der Waals surface area (Å²) < 4.78 is 0. The number of pyridine rings is 1. The van der Waals surface area contributed by atoms with E-state index in [4.69, 9.17) is 0 Å². The highest BCUT2D eigenvalue weighted by molar-refractivity contribution is 6.03. The molecule has 1 unspecified atom stereocenters. The van der Waals surface area contributed by atoms with Gasteiger partial charge >= 0.3 is 0 Å². The lowest BCUT2D eigenvalue weighted by Crippen LogP contribution is -2.18. The molecular weight excluding hydrogens is 252 g/mol. The Morgan fingerprint density at radius 1 is 1.20 bits per heavy atom. The molecule has 2 heterocycles. The normalized spacial score (nSPS) is 18.1. The van der Waals surface area contributed by atoms with E-state index in [1.807, 2.05) is 30.3 Å². The van der Waals surface area contributed by atoms with E-state index in [1.165, 1.54) is 6.07 Å². The molecule has 20 heavy (non-hydrogen) atoms. The molecule has 0 saturated carbocycles. The van der Waals surface area contributed by atoms with Gasteiger partial charge in [-0.2, -0.15) is 0 Å². The number of Topliss-reactive ketones (excluding diaryl/α,β-unsaturated/α-hetero) is 1. The second-order valence-corrected chi connectivity index (χ2v) is 5.04. The lowest BCUT2D eigenvalue weighted by molar-refractivity contribution is 0.0931. The van der Waals surface area contributed by atoms with E-state index >= 15 is 0 Å². The first-order valence-corrected chi connectivity index (χ1v) is 6.79. The quantitative estimate of drug-likeness (QED) is 0.835. The van der Waals surface area contributed by atoms with Crippen molar-refractivity contribution in [3.05, 3.63) is 58.5 Å². The Bertz CT molecular complexity index is 685. The Hall–Kier alpha value is -2.20. The molecule has 0 amide bonds. The van der Waals surface area contributed by atoms with Gasteiger partial charge in [0.15, 0.2) is 5.78 Å². The summed E-state index contributed by atoms with van der Waals surface area (Å²) in [4.78, 5) is 26.6. The van der Waals surface area contributed by atoms with Crippen LogP contribution in [0, 0.1) is 5.92 Å². The number of hydrogen-bond acceptors (Lipinski definition) is 3. The maximum atomic E-state index is 12.6. The zero-order valence-electron chi connectivity index (χ0n) is 11.1. The molecule has 1 aromatic carbocycles. The summed E-state index contributed by atoms with van der Waals surface area (Å²) in [5.74, 6) is 0.198. The highest BCUT2D eigenvalue weighted by Gasteiger charge is 2.25. The molecular formula is C16H16N2O2. The van der Waals surface area contributed by atoms with Gasteiger partial charge in [-0.15, -0.1) is 0 Å². The van der Waals surface area contributed by atoms with Crippen LogP contribution in [0.3, 0.4) is 0 Å². The molecule has 0 spiro atoms. The summed E-state index contributed by atoms with van der Waals surface area (Å²) in [5.41, 5.74) is 2.15. The van der Waals surface area contributed by atoms with Crippen LogP contribution in [-0.2, 0) is 0 Å². The first-order chi connectivity index (χ1) is 9.75. The molecule has 1 atom stereocenters. The first-order valence-electron chi connectivity index (χ1n) is 6.79. The number of nitrogens with one attached hydrogen (secondary N) is 2. The van der Waals surface area contributed by atoms with Gasteiger partial charge < -0.3 is 10.3 Å². The van der Waals surface area contributed by atoms with Gasteiger partial charge in [-0.05, 0) is 30.2 Å². The number of hydrogen-bond donors (Lipinski definition) is 2. The molecule has 1 aliphatic heterocycles. The third-order valence-corrected chi connectivity index (χ3v) is 3.71. The fourth-order valence-electron chi connectivity index (χ4n) is 2.66. The number of aromatic amines is 1. The molecule has 2 aromatic rings. The Labute approximate surface area is 116 Å². The van der Waals surface area contributed by atoms with E-state index in [1.54, 1.807) is 6.20 Å². The summed E-state index contributed by atoms with van der Waals surface area (Å²) in [6, 6.07) is 10.8. The van der Waals surface area contributed by atoms with E-state index in [9.17, 15) is 9.59 Å². The second-order valence-electron chi connectivity index (χ2n) is 5.04. The molecule has 0 radical (unpaired) electrons. The van der Waals surface area contributed by atoms with Crippen LogP contribution in [0.2, 0.25) is 0 Å². The van der Waals surface area contributed by atoms with Crippen molar-refractivity contribution >= 4 is 5.78 Å².